The summed E-state index contributed by atoms with van der Waals surface area (Å²) in [6.07, 6.45) is 10.1. The van der Waals surface area contributed by atoms with E-state index in [4.69, 9.17) is 9.72 Å². The molecular weight excluding hydrogens is 404 g/mol. The van der Waals surface area contributed by atoms with Crippen molar-refractivity contribution < 1.29 is 4.74 Å². The summed E-state index contributed by atoms with van der Waals surface area (Å²) >= 11 is 0. The lowest BCUT2D eigenvalue weighted by molar-refractivity contribution is 0.332. The Morgan fingerprint density at radius 1 is 1.12 bits per heavy atom. The molecule has 1 fully saturated rings. The van der Waals surface area contributed by atoms with E-state index in [1.165, 1.54) is 19.3 Å². The van der Waals surface area contributed by atoms with Gasteiger partial charge < -0.3 is 10.1 Å². The van der Waals surface area contributed by atoms with Crippen LogP contribution in [0, 0.1) is 5.92 Å². The molecule has 5 rings (SSSR count). The van der Waals surface area contributed by atoms with E-state index in [9.17, 15) is 0 Å². The molecular formula is C23H28N8O. The van der Waals surface area contributed by atoms with Crippen LogP contribution in [0.1, 0.15) is 37.6 Å². The minimum absolute atomic E-state index is 0.623. The molecule has 9 nitrogen and oxygen atoms in total. The molecule has 0 bridgehead atoms. The number of nitrogens with one attached hydrogen (secondary N) is 1. The van der Waals surface area contributed by atoms with Crippen LogP contribution in [0.2, 0.25) is 0 Å². The first kappa shape index (κ1) is 20.6. The van der Waals surface area contributed by atoms with Gasteiger partial charge in [-0.15, -0.1) is 5.10 Å². The molecule has 32 heavy (non-hydrogen) atoms. The van der Waals surface area contributed by atoms with Gasteiger partial charge in [-0.1, -0.05) is 5.21 Å². The van der Waals surface area contributed by atoms with Gasteiger partial charge in [0.1, 0.15) is 11.6 Å². The summed E-state index contributed by atoms with van der Waals surface area (Å²) in [5.74, 6) is 2.35. The van der Waals surface area contributed by atoms with Crippen LogP contribution < -0.4 is 10.1 Å². The van der Waals surface area contributed by atoms with Gasteiger partial charge in [0.25, 0.3) is 0 Å². The van der Waals surface area contributed by atoms with Crippen LogP contribution in [0.5, 0.6) is 5.75 Å². The molecule has 0 unspecified atom stereocenters. The maximum absolute atomic E-state index is 5.52. The van der Waals surface area contributed by atoms with Crippen LogP contribution in [-0.4, -0.2) is 54.4 Å². The summed E-state index contributed by atoms with van der Waals surface area (Å²) < 4.78 is 9.30. The Bertz CT molecular complexity index is 1160. The summed E-state index contributed by atoms with van der Waals surface area (Å²) in [5, 5.41) is 16.4. The maximum atomic E-state index is 5.52. The SMILES string of the molecule is CCOc1ccc(-n2nnc3cnc(Cc4cnn(CCC5CCNCC5)c4)nc32)cc1. The molecule has 4 aromatic rings. The van der Waals surface area contributed by atoms with Gasteiger partial charge in [0, 0.05) is 19.2 Å². The average molecular weight is 433 g/mol. The van der Waals surface area contributed by atoms with Gasteiger partial charge in [-0.05, 0) is 75.0 Å². The van der Waals surface area contributed by atoms with Crippen molar-refractivity contribution in [1.29, 1.82) is 0 Å². The zero-order valence-corrected chi connectivity index (χ0v) is 18.3. The lowest BCUT2D eigenvalue weighted by Crippen LogP contribution is -2.28. The van der Waals surface area contributed by atoms with Crippen molar-refractivity contribution in [3.63, 3.8) is 0 Å². The van der Waals surface area contributed by atoms with Crippen LogP contribution in [0.15, 0.2) is 42.9 Å². The third-order valence-electron chi connectivity index (χ3n) is 5.91. The second kappa shape index (κ2) is 9.44. The highest BCUT2D eigenvalue weighted by Gasteiger charge is 2.14. The first-order chi connectivity index (χ1) is 15.8. The van der Waals surface area contributed by atoms with Gasteiger partial charge in [-0.25, -0.2) is 9.97 Å². The number of fused-ring (bicyclic) bond motifs is 1. The van der Waals surface area contributed by atoms with Crippen molar-refractivity contribution in [2.24, 2.45) is 5.92 Å². The molecule has 1 aliphatic rings. The van der Waals surface area contributed by atoms with E-state index in [1.807, 2.05) is 42.1 Å². The number of benzene rings is 1. The summed E-state index contributed by atoms with van der Waals surface area (Å²) in [5.41, 5.74) is 3.35. The molecule has 9 heteroatoms. The van der Waals surface area contributed by atoms with Crippen molar-refractivity contribution in [3.8, 4) is 11.4 Å². The summed E-state index contributed by atoms with van der Waals surface area (Å²) in [4.78, 5) is 9.23. The van der Waals surface area contributed by atoms with Crippen LogP contribution in [-0.2, 0) is 13.0 Å². The van der Waals surface area contributed by atoms with Crippen LogP contribution in [0.4, 0.5) is 0 Å². The minimum Gasteiger partial charge on any atom is -0.494 e. The number of aryl methyl sites for hydroxylation is 1. The van der Waals surface area contributed by atoms with Crippen molar-refractivity contribution in [2.45, 2.75) is 39.2 Å². The molecule has 0 spiro atoms. The van der Waals surface area contributed by atoms with Gasteiger partial charge in [-0.2, -0.15) is 9.78 Å². The largest absolute Gasteiger partial charge is 0.494 e. The van der Waals surface area contributed by atoms with E-state index in [-0.39, 0.29) is 0 Å². The van der Waals surface area contributed by atoms with E-state index in [0.29, 0.717) is 24.2 Å². The zero-order valence-electron chi connectivity index (χ0n) is 18.3. The second-order valence-electron chi connectivity index (χ2n) is 8.19. The standard InChI is InChI=1S/C23H28N8O/c1-2-32-20-5-3-19(4-6-20)31-23-21(28-29-31)15-25-22(27-23)13-18-14-26-30(16-18)12-9-17-7-10-24-11-8-17/h3-6,14-17,24H,2,7-13H2,1H3. The maximum Gasteiger partial charge on any atom is 0.187 e. The van der Waals surface area contributed by atoms with Crippen LogP contribution in [0.25, 0.3) is 16.9 Å². The first-order valence-corrected chi connectivity index (χ1v) is 11.3. The number of hydrogen-bond acceptors (Lipinski definition) is 7. The van der Waals surface area contributed by atoms with Crippen molar-refractivity contribution in [1.82, 2.24) is 40.1 Å². The molecule has 3 aromatic heterocycles. The third kappa shape index (κ3) is 4.62. The first-order valence-electron chi connectivity index (χ1n) is 11.3. The highest BCUT2D eigenvalue weighted by atomic mass is 16.5. The van der Waals surface area contributed by atoms with Gasteiger partial charge in [0.05, 0.1) is 24.7 Å². The highest BCUT2D eigenvalue weighted by molar-refractivity contribution is 5.70. The fraction of sp³-hybridized carbons (Fsp3) is 0.435. The molecule has 0 saturated carbocycles. The molecule has 0 aliphatic carbocycles. The molecule has 166 valence electrons. The Hall–Kier alpha value is -3.33. The predicted molar refractivity (Wildman–Crippen MR) is 121 cm³/mol. The molecule has 0 atom stereocenters. The van der Waals surface area contributed by atoms with Gasteiger partial charge in [-0.3, -0.25) is 4.68 Å². The molecule has 4 heterocycles. The minimum atomic E-state index is 0.623. The van der Waals surface area contributed by atoms with Crippen molar-refractivity contribution in [2.75, 3.05) is 19.7 Å². The monoisotopic (exact) mass is 432 g/mol. The summed E-state index contributed by atoms with van der Waals surface area (Å²) in [6.45, 7) is 5.83. The Morgan fingerprint density at radius 2 is 1.97 bits per heavy atom. The van der Waals surface area contributed by atoms with E-state index in [0.717, 1.165) is 48.4 Å². The summed E-state index contributed by atoms with van der Waals surface area (Å²) in [7, 11) is 0. The van der Waals surface area contributed by atoms with E-state index < -0.39 is 0 Å². The second-order valence-corrected chi connectivity index (χ2v) is 8.19. The van der Waals surface area contributed by atoms with Crippen LogP contribution in [0.3, 0.4) is 0 Å². The number of hydrogen-bond donors (Lipinski definition) is 1. The number of rotatable bonds is 8. The number of piperidine rings is 1. The normalized spacial score (nSPS) is 14.8. The topological polar surface area (TPSA) is 95.6 Å². The summed E-state index contributed by atoms with van der Waals surface area (Å²) in [6, 6.07) is 7.75. The molecule has 0 radical (unpaired) electrons. The average Bonchev–Trinajstić information content (AvgIpc) is 3.46. The molecule has 1 N–H and O–H groups in total. The Labute approximate surface area is 186 Å². The van der Waals surface area contributed by atoms with Gasteiger partial charge in [0.15, 0.2) is 11.2 Å². The quantitative estimate of drug-likeness (QED) is 0.457. The lowest BCUT2D eigenvalue weighted by atomic mass is 9.95. The highest BCUT2D eigenvalue weighted by Crippen LogP contribution is 2.19. The Balaban J connectivity index is 1.29. The van der Waals surface area contributed by atoms with Gasteiger partial charge >= 0.3 is 0 Å². The van der Waals surface area contributed by atoms with E-state index in [1.54, 1.807) is 10.9 Å². The molecule has 1 saturated heterocycles. The molecule has 1 aromatic carbocycles. The number of ether oxygens (including phenoxy) is 1. The van der Waals surface area contributed by atoms with Crippen molar-refractivity contribution >= 4 is 11.2 Å². The van der Waals surface area contributed by atoms with Crippen LogP contribution >= 0.6 is 0 Å². The van der Waals surface area contributed by atoms with Crippen molar-refractivity contribution in [3.05, 3.63) is 54.2 Å². The smallest absolute Gasteiger partial charge is 0.187 e. The predicted octanol–water partition coefficient (Wildman–Crippen LogP) is 2.79. The third-order valence-corrected chi connectivity index (χ3v) is 5.91. The fourth-order valence-electron chi connectivity index (χ4n) is 4.16. The number of nitrogens with zero attached hydrogens (tertiary/aromatic N) is 7. The zero-order chi connectivity index (χ0) is 21.8. The Kier molecular flexibility index (Phi) is 6.06. The van der Waals surface area contributed by atoms with E-state index >= 15 is 0 Å². The molecule has 1 aliphatic heterocycles. The van der Waals surface area contributed by atoms with Gasteiger partial charge in [0.2, 0.25) is 0 Å². The lowest BCUT2D eigenvalue weighted by Gasteiger charge is -2.22. The Morgan fingerprint density at radius 3 is 2.78 bits per heavy atom. The van der Waals surface area contributed by atoms with E-state index in [2.05, 4.69) is 31.9 Å². The number of aromatic nitrogens is 7. The fourth-order valence-corrected chi connectivity index (χ4v) is 4.16. The molecule has 0 amide bonds.